The fourth-order valence-corrected chi connectivity index (χ4v) is 3.06. The minimum atomic E-state index is -0.969. The van der Waals surface area contributed by atoms with Crippen LogP contribution >= 0.6 is 12.6 Å². The first-order valence-electron chi connectivity index (χ1n) is 10.9. The molecule has 0 aliphatic carbocycles. The summed E-state index contributed by atoms with van der Waals surface area (Å²) in [6.45, 7) is 4.42. The zero-order chi connectivity index (χ0) is 26.4. The lowest BCUT2D eigenvalue weighted by Gasteiger charge is -2.17. The van der Waals surface area contributed by atoms with E-state index in [-0.39, 0.29) is 12.5 Å². The number of carbonyl (C=O) groups excluding carboxylic acids is 2. The third kappa shape index (κ3) is 11.6. The monoisotopic (exact) mass is 504 g/mol. The second-order valence-corrected chi connectivity index (χ2v) is 8.64. The number of carbonyl (C=O) groups is 2. The Morgan fingerprint density at radius 3 is 2.20 bits per heavy atom. The Labute approximate surface area is 211 Å². The molecule has 192 valence electrons. The molecular weight excluding hydrogens is 468 g/mol. The van der Waals surface area contributed by atoms with Gasteiger partial charge in [-0.1, -0.05) is 26.0 Å². The molecule has 2 amide bonds. The lowest BCUT2D eigenvalue weighted by Crippen LogP contribution is -2.37. The number of thiol groups is 1. The quantitative estimate of drug-likeness (QED) is 0.0849. The van der Waals surface area contributed by atoms with Crippen LogP contribution in [0.3, 0.4) is 0 Å². The number of hydroxylamine groups is 1. The standard InChI is InChI=1S/C17H28N6O3.C7H8OS/c1-11(2)7-15(17(25)22-26)16(24)21-14-5-3-12(4-6-14)9-23(20)10-13(19)8-18;1-8-6-2-4-7(9)5-3-6/h3-6,10-11,15,26H,7-9,18-20H2,1-2H3,(H,21,24)(H,22,25);2-5,9H,1H3/b13-10-;. The summed E-state index contributed by atoms with van der Waals surface area (Å²) in [6.07, 6.45) is 1.88. The van der Waals surface area contributed by atoms with Crippen molar-refractivity contribution in [2.45, 2.75) is 31.7 Å². The number of nitrogens with zero attached hydrogens (tertiary/aromatic N) is 1. The maximum Gasteiger partial charge on any atom is 0.255 e. The number of nitrogens with two attached hydrogens (primary N) is 3. The Bertz CT molecular complexity index is 951. The minimum Gasteiger partial charge on any atom is -0.497 e. The van der Waals surface area contributed by atoms with Gasteiger partial charge in [-0.2, -0.15) is 0 Å². The fraction of sp³-hybridized carbons (Fsp3) is 0.333. The third-order valence-electron chi connectivity index (χ3n) is 4.68. The van der Waals surface area contributed by atoms with Crippen LogP contribution in [0.4, 0.5) is 5.69 Å². The zero-order valence-corrected chi connectivity index (χ0v) is 21.2. The van der Waals surface area contributed by atoms with Crippen LogP contribution in [0.1, 0.15) is 25.8 Å². The number of methoxy groups -OCH3 is 1. The Balaban J connectivity index is 0.000000566. The largest absolute Gasteiger partial charge is 0.497 e. The van der Waals surface area contributed by atoms with Gasteiger partial charge in [-0.3, -0.25) is 14.8 Å². The first kappa shape index (κ1) is 29.8. The summed E-state index contributed by atoms with van der Waals surface area (Å²) < 4.78 is 4.94. The Hall–Kier alpha value is -3.25. The molecule has 11 heteroatoms. The predicted octanol–water partition coefficient (Wildman–Crippen LogP) is 2.21. The number of nitrogens with one attached hydrogen (secondary N) is 2. The molecule has 2 aromatic carbocycles. The van der Waals surface area contributed by atoms with E-state index in [0.29, 0.717) is 24.4 Å². The minimum absolute atomic E-state index is 0.120. The first-order chi connectivity index (χ1) is 16.6. The normalized spacial score (nSPS) is 11.7. The van der Waals surface area contributed by atoms with E-state index >= 15 is 0 Å². The van der Waals surface area contributed by atoms with Crippen molar-refractivity contribution in [2.24, 2.45) is 29.1 Å². The van der Waals surface area contributed by atoms with Crippen molar-refractivity contribution >= 4 is 30.1 Å². The maximum absolute atomic E-state index is 12.3. The molecule has 0 aromatic heterocycles. The molecule has 1 atom stereocenters. The molecule has 0 aliphatic heterocycles. The van der Waals surface area contributed by atoms with E-state index < -0.39 is 17.7 Å². The number of anilines is 1. The molecule has 0 saturated carbocycles. The van der Waals surface area contributed by atoms with Crippen LogP contribution in [0.2, 0.25) is 0 Å². The van der Waals surface area contributed by atoms with E-state index in [4.69, 9.17) is 27.3 Å². The van der Waals surface area contributed by atoms with Crippen molar-refractivity contribution in [2.75, 3.05) is 19.0 Å². The maximum atomic E-state index is 12.3. The highest BCUT2D eigenvalue weighted by Crippen LogP contribution is 2.17. The van der Waals surface area contributed by atoms with Crippen molar-refractivity contribution in [3.8, 4) is 5.75 Å². The van der Waals surface area contributed by atoms with E-state index in [1.807, 2.05) is 38.1 Å². The first-order valence-corrected chi connectivity index (χ1v) is 11.4. The summed E-state index contributed by atoms with van der Waals surface area (Å²) in [5, 5.41) is 12.9. The summed E-state index contributed by atoms with van der Waals surface area (Å²) in [4.78, 5) is 25.0. The SMILES string of the molecule is CC(C)CC(C(=O)NO)C(=O)Nc1ccc(CN(N)/C=C(\N)CN)cc1.COc1ccc(S)cc1. The average molecular weight is 505 g/mol. The van der Waals surface area contributed by atoms with Crippen molar-refractivity contribution in [1.29, 1.82) is 0 Å². The number of benzene rings is 2. The van der Waals surface area contributed by atoms with E-state index in [2.05, 4.69) is 17.9 Å². The van der Waals surface area contributed by atoms with Crippen LogP contribution in [0.25, 0.3) is 0 Å². The van der Waals surface area contributed by atoms with Crippen molar-refractivity contribution in [1.82, 2.24) is 10.5 Å². The van der Waals surface area contributed by atoms with Gasteiger partial charge in [-0.05, 0) is 54.3 Å². The fourth-order valence-electron chi connectivity index (χ4n) is 2.91. The molecule has 0 spiro atoms. The van der Waals surface area contributed by atoms with Gasteiger partial charge >= 0.3 is 0 Å². The van der Waals surface area contributed by atoms with Crippen LogP contribution in [-0.4, -0.2) is 35.7 Å². The third-order valence-corrected chi connectivity index (χ3v) is 4.97. The van der Waals surface area contributed by atoms with Crippen molar-refractivity contribution in [3.05, 3.63) is 66.0 Å². The van der Waals surface area contributed by atoms with Crippen LogP contribution in [0.15, 0.2) is 65.3 Å². The van der Waals surface area contributed by atoms with E-state index in [9.17, 15) is 9.59 Å². The number of amides is 2. The highest BCUT2D eigenvalue weighted by Gasteiger charge is 2.27. The molecule has 0 heterocycles. The highest BCUT2D eigenvalue weighted by molar-refractivity contribution is 7.80. The van der Waals surface area contributed by atoms with Crippen LogP contribution in [0, 0.1) is 11.8 Å². The molecule has 0 aliphatic rings. The van der Waals surface area contributed by atoms with Crippen molar-refractivity contribution in [3.63, 3.8) is 0 Å². The topological polar surface area (TPSA) is 169 Å². The zero-order valence-electron chi connectivity index (χ0n) is 20.3. The smallest absolute Gasteiger partial charge is 0.255 e. The molecule has 1 unspecified atom stereocenters. The number of ether oxygens (including phenoxy) is 1. The molecule has 9 N–H and O–H groups in total. The molecule has 35 heavy (non-hydrogen) atoms. The second-order valence-electron chi connectivity index (χ2n) is 8.12. The number of hydrogen-bond acceptors (Lipinski definition) is 9. The van der Waals surface area contributed by atoms with Gasteiger partial charge in [0.2, 0.25) is 5.91 Å². The average Bonchev–Trinajstić information content (AvgIpc) is 2.83. The van der Waals surface area contributed by atoms with Gasteiger partial charge in [0, 0.05) is 29.0 Å². The Kier molecular flexibility index (Phi) is 13.3. The molecule has 0 saturated heterocycles. The second kappa shape index (κ2) is 15.6. The highest BCUT2D eigenvalue weighted by atomic mass is 32.1. The molecule has 0 radical (unpaired) electrons. The predicted molar refractivity (Wildman–Crippen MR) is 139 cm³/mol. The van der Waals surface area contributed by atoms with Crippen LogP contribution in [-0.2, 0) is 16.1 Å². The van der Waals surface area contributed by atoms with Crippen molar-refractivity contribution < 1.29 is 19.5 Å². The number of rotatable bonds is 10. The summed E-state index contributed by atoms with van der Waals surface area (Å²) in [5.74, 6) is 4.64. The summed E-state index contributed by atoms with van der Waals surface area (Å²) in [7, 11) is 1.65. The van der Waals surface area contributed by atoms with Gasteiger partial charge < -0.3 is 26.5 Å². The molecule has 0 bridgehead atoms. The lowest BCUT2D eigenvalue weighted by molar-refractivity contribution is -0.139. The summed E-state index contributed by atoms with van der Waals surface area (Å²) in [6, 6.07) is 14.5. The molecule has 2 rings (SSSR count). The molecule has 2 aromatic rings. The van der Waals surface area contributed by atoms with E-state index in [0.717, 1.165) is 16.2 Å². The molecular formula is C24H36N6O4S. The molecule has 0 fully saturated rings. The summed E-state index contributed by atoms with van der Waals surface area (Å²) in [5.41, 5.74) is 14.5. The Morgan fingerprint density at radius 1 is 1.11 bits per heavy atom. The summed E-state index contributed by atoms with van der Waals surface area (Å²) >= 11 is 4.11. The van der Waals surface area contributed by atoms with Gasteiger partial charge in [0.15, 0.2) is 0 Å². The van der Waals surface area contributed by atoms with Gasteiger partial charge in [-0.15, -0.1) is 12.6 Å². The number of hydrogen-bond donors (Lipinski definition) is 7. The number of hydrazine groups is 1. The van der Waals surface area contributed by atoms with E-state index in [1.54, 1.807) is 43.1 Å². The van der Waals surface area contributed by atoms with Gasteiger partial charge in [-0.25, -0.2) is 11.3 Å². The van der Waals surface area contributed by atoms with Gasteiger partial charge in [0.25, 0.3) is 5.91 Å². The Morgan fingerprint density at radius 2 is 1.71 bits per heavy atom. The molecule has 10 nitrogen and oxygen atoms in total. The van der Waals surface area contributed by atoms with Gasteiger partial charge in [0.05, 0.1) is 13.7 Å². The van der Waals surface area contributed by atoms with Crippen LogP contribution < -0.4 is 32.8 Å². The van der Waals surface area contributed by atoms with Crippen LogP contribution in [0.5, 0.6) is 5.75 Å². The lowest BCUT2D eigenvalue weighted by atomic mass is 9.95. The van der Waals surface area contributed by atoms with E-state index in [1.165, 1.54) is 5.01 Å². The van der Waals surface area contributed by atoms with Gasteiger partial charge in [0.1, 0.15) is 11.7 Å².